The van der Waals surface area contributed by atoms with Crippen LogP contribution in [0.1, 0.15) is 58.1 Å². The molecule has 0 saturated carbocycles. The van der Waals surface area contributed by atoms with Crippen molar-refractivity contribution in [2.75, 3.05) is 11.9 Å². The number of para-hydroxylation sites is 1. The number of carbonyl (C=O) groups is 2. The van der Waals surface area contributed by atoms with E-state index >= 15 is 0 Å². The molecule has 4 aromatic rings. The predicted molar refractivity (Wildman–Crippen MR) is 154 cm³/mol. The number of ether oxygens (including phenoxy) is 1. The third kappa shape index (κ3) is 6.22. The maximum Gasteiger partial charge on any atom is 0.324 e. The Balaban J connectivity index is 1.72. The van der Waals surface area contributed by atoms with Crippen LogP contribution in [0.2, 0.25) is 0 Å². The molecule has 0 bridgehead atoms. The summed E-state index contributed by atoms with van der Waals surface area (Å²) in [5.74, 6) is -0.273. The Morgan fingerprint density at radius 2 is 1.47 bits per heavy atom. The predicted octanol–water partition coefficient (Wildman–Crippen LogP) is 7.61. The second-order valence-electron chi connectivity index (χ2n) is 10.2. The smallest absolute Gasteiger partial charge is 0.324 e. The van der Waals surface area contributed by atoms with Gasteiger partial charge in [0.25, 0.3) is 0 Å². The Bertz CT molecular complexity index is 1290. The number of nitrogens with one attached hydrogen (secondary N) is 1. The molecule has 38 heavy (non-hydrogen) atoms. The molecule has 1 N–H and O–H groups in total. The number of fused-ring (bicyclic) bond motifs is 1. The lowest BCUT2D eigenvalue weighted by atomic mass is 9.79. The van der Waals surface area contributed by atoms with Crippen LogP contribution in [0.15, 0.2) is 84.9 Å². The molecule has 0 radical (unpaired) electrons. The fraction of sp³-hybridized carbons (Fsp3) is 0.323. The fourth-order valence-electron chi connectivity index (χ4n) is 4.83. The Hall–Kier alpha value is -3.71. The van der Waals surface area contributed by atoms with E-state index in [9.17, 15) is 9.59 Å². The number of thiazole rings is 1. The number of hydrogen-bond donors (Lipinski definition) is 1. The highest BCUT2D eigenvalue weighted by atomic mass is 32.1. The van der Waals surface area contributed by atoms with Gasteiger partial charge in [-0.15, -0.1) is 0 Å². The molecule has 0 spiro atoms. The summed E-state index contributed by atoms with van der Waals surface area (Å²) in [6, 6.07) is 27.7. The Morgan fingerprint density at radius 1 is 0.895 bits per heavy atom. The molecule has 7 heteroatoms. The molecule has 0 aliphatic carbocycles. The number of carbonyl (C=O) groups excluding carboxylic acids is 2. The highest BCUT2D eigenvalue weighted by Gasteiger charge is 2.41. The SMILES string of the molecule is CCC(c1ccccc1)(c1ccccc1)N(CCCC(=O)OC(C)(C)C)C(=O)Nc1nc2ccccc2s1. The molecular weight excluding hydrogens is 494 g/mol. The monoisotopic (exact) mass is 529 g/mol. The van der Waals surface area contributed by atoms with Crippen molar-refractivity contribution in [3.63, 3.8) is 0 Å². The molecule has 0 aliphatic heterocycles. The third-order valence-corrected chi connectivity index (χ3v) is 7.36. The van der Waals surface area contributed by atoms with E-state index in [4.69, 9.17) is 4.74 Å². The number of amides is 2. The van der Waals surface area contributed by atoms with Crippen LogP contribution >= 0.6 is 11.3 Å². The van der Waals surface area contributed by atoms with E-state index < -0.39 is 11.1 Å². The molecule has 1 aromatic heterocycles. The molecule has 0 saturated heterocycles. The van der Waals surface area contributed by atoms with E-state index in [1.165, 1.54) is 11.3 Å². The average Bonchev–Trinajstić information content (AvgIpc) is 3.31. The van der Waals surface area contributed by atoms with E-state index in [-0.39, 0.29) is 18.4 Å². The summed E-state index contributed by atoms with van der Waals surface area (Å²) in [6.07, 6.45) is 1.32. The molecule has 3 aromatic carbocycles. The van der Waals surface area contributed by atoms with Gasteiger partial charge in [0.15, 0.2) is 5.13 Å². The summed E-state index contributed by atoms with van der Waals surface area (Å²) >= 11 is 1.44. The molecule has 0 fully saturated rings. The average molecular weight is 530 g/mol. The van der Waals surface area contributed by atoms with Gasteiger partial charge in [0.05, 0.1) is 15.8 Å². The zero-order valence-corrected chi connectivity index (χ0v) is 23.3. The third-order valence-electron chi connectivity index (χ3n) is 6.41. The minimum atomic E-state index is -0.753. The van der Waals surface area contributed by atoms with Crippen molar-refractivity contribution >= 4 is 38.7 Å². The van der Waals surface area contributed by atoms with Crippen LogP contribution in [-0.4, -0.2) is 34.0 Å². The van der Waals surface area contributed by atoms with E-state index in [0.29, 0.717) is 24.5 Å². The first-order valence-electron chi connectivity index (χ1n) is 13.0. The lowest BCUT2D eigenvalue weighted by molar-refractivity contribution is -0.155. The normalized spacial score (nSPS) is 11.8. The minimum absolute atomic E-state index is 0.214. The molecular formula is C31H35N3O3S. The van der Waals surface area contributed by atoms with Gasteiger partial charge < -0.3 is 9.64 Å². The van der Waals surface area contributed by atoms with Crippen LogP contribution in [0, 0.1) is 0 Å². The standard InChI is InChI=1S/C31H35N3O3S/c1-5-31(23-15-8-6-9-16-23,24-17-10-7-11-18-24)34(22-14-21-27(35)37-30(2,3)4)29(36)33-28-32-25-19-12-13-20-26(25)38-28/h6-13,15-20H,5,14,21-22H2,1-4H3,(H,32,33,36). The summed E-state index contributed by atoms with van der Waals surface area (Å²) in [6.45, 7) is 8.01. The first-order chi connectivity index (χ1) is 18.2. The van der Waals surface area contributed by atoms with Crippen molar-refractivity contribution in [3.05, 3.63) is 96.1 Å². The highest BCUT2D eigenvalue weighted by molar-refractivity contribution is 7.22. The van der Waals surface area contributed by atoms with Crippen LogP contribution in [-0.2, 0) is 15.1 Å². The molecule has 6 nitrogen and oxygen atoms in total. The van der Waals surface area contributed by atoms with Crippen molar-refractivity contribution < 1.29 is 14.3 Å². The van der Waals surface area contributed by atoms with Crippen molar-refractivity contribution in [2.24, 2.45) is 0 Å². The summed E-state index contributed by atoms with van der Waals surface area (Å²) in [5.41, 5.74) is 1.55. The van der Waals surface area contributed by atoms with Gasteiger partial charge in [-0.3, -0.25) is 10.1 Å². The minimum Gasteiger partial charge on any atom is -0.460 e. The number of anilines is 1. The van der Waals surface area contributed by atoms with Crippen molar-refractivity contribution in [2.45, 2.75) is 58.1 Å². The zero-order valence-electron chi connectivity index (χ0n) is 22.4. The first kappa shape index (κ1) is 27.3. The molecule has 1 heterocycles. The number of nitrogens with zero attached hydrogens (tertiary/aromatic N) is 2. The number of aromatic nitrogens is 1. The first-order valence-corrected chi connectivity index (χ1v) is 13.8. The Morgan fingerprint density at radius 3 is 2.03 bits per heavy atom. The van der Waals surface area contributed by atoms with Crippen LogP contribution in [0.3, 0.4) is 0 Å². The maximum atomic E-state index is 14.1. The second kappa shape index (κ2) is 11.8. The van der Waals surface area contributed by atoms with E-state index in [2.05, 4.69) is 41.5 Å². The van der Waals surface area contributed by atoms with E-state index in [1.54, 1.807) is 0 Å². The number of esters is 1. The zero-order chi connectivity index (χ0) is 27.2. The molecule has 0 aliphatic rings. The van der Waals surface area contributed by atoms with E-state index in [0.717, 1.165) is 21.3 Å². The molecule has 198 valence electrons. The van der Waals surface area contributed by atoms with Crippen LogP contribution < -0.4 is 5.32 Å². The number of rotatable bonds is 9. The van der Waals surface area contributed by atoms with Gasteiger partial charge in [-0.2, -0.15) is 0 Å². The maximum absolute atomic E-state index is 14.1. The van der Waals surface area contributed by atoms with Gasteiger partial charge in [-0.1, -0.05) is 91.1 Å². The van der Waals surface area contributed by atoms with Gasteiger partial charge in [0.2, 0.25) is 0 Å². The van der Waals surface area contributed by atoms with Gasteiger partial charge in [-0.05, 0) is 56.9 Å². The molecule has 2 amide bonds. The Labute approximate surface area is 228 Å². The van der Waals surface area contributed by atoms with Crippen LogP contribution in [0.4, 0.5) is 9.93 Å². The van der Waals surface area contributed by atoms with Crippen LogP contribution in [0.25, 0.3) is 10.2 Å². The van der Waals surface area contributed by atoms with Crippen molar-refractivity contribution in [3.8, 4) is 0 Å². The number of urea groups is 1. The summed E-state index contributed by atoms with van der Waals surface area (Å²) in [7, 11) is 0. The summed E-state index contributed by atoms with van der Waals surface area (Å²) in [4.78, 5) is 33.1. The molecule has 0 unspecified atom stereocenters. The topological polar surface area (TPSA) is 71.5 Å². The van der Waals surface area contributed by atoms with Gasteiger partial charge in [0, 0.05) is 13.0 Å². The fourth-order valence-corrected chi connectivity index (χ4v) is 5.69. The van der Waals surface area contributed by atoms with E-state index in [1.807, 2.05) is 86.3 Å². The lowest BCUT2D eigenvalue weighted by Gasteiger charge is -2.44. The van der Waals surface area contributed by atoms with Crippen LogP contribution in [0.5, 0.6) is 0 Å². The second-order valence-corrected chi connectivity index (χ2v) is 11.2. The van der Waals surface area contributed by atoms with Gasteiger partial charge >= 0.3 is 12.0 Å². The van der Waals surface area contributed by atoms with Crippen molar-refractivity contribution in [1.29, 1.82) is 0 Å². The van der Waals surface area contributed by atoms with Gasteiger partial charge in [-0.25, -0.2) is 9.78 Å². The van der Waals surface area contributed by atoms with Crippen molar-refractivity contribution in [1.82, 2.24) is 9.88 Å². The quantitative estimate of drug-likeness (QED) is 0.227. The highest BCUT2D eigenvalue weighted by Crippen LogP contribution is 2.40. The largest absolute Gasteiger partial charge is 0.460 e. The molecule has 0 atom stereocenters. The Kier molecular flexibility index (Phi) is 8.47. The van der Waals surface area contributed by atoms with Gasteiger partial charge in [0.1, 0.15) is 5.60 Å². The number of hydrogen-bond acceptors (Lipinski definition) is 5. The number of benzene rings is 3. The summed E-state index contributed by atoms with van der Waals surface area (Å²) in [5, 5.41) is 3.61. The summed E-state index contributed by atoms with van der Waals surface area (Å²) < 4.78 is 6.53. The lowest BCUT2D eigenvalue weighted by Crippen LogP contribution is -2.52. The molecule has 4 rings (SSSR count).